The number of rotatable bonds is 3. The van der Waals surface area contributed by atoms with Crippen molar-refractivity contribution in [3.05, 3.63) is 70.2 Å². The molecule has 5 nitrogen and oxygen atoms in total. The third kappa shape index (κ3) is 3.00. The Morgan fingerprint density at radius 2 is 2.04 bits per heavy atom. The van der Waals surface area contributed by atoms with Gasteiger partial charge in [-0.25, -0.2) is 15.0 Å². The summed E-state index contributed by atoms with van der Waals surface area (Å²) in [7, 11) is 0. The Balaban J connectivity index is 1.34. The predicted octanol–water partition coefficient (Wildman–Crippen LogP) is 4.06. The van der Waals surface area contributed by atoms with Crippen molar-refractivity contribution in [2.75, 3.05) is 6.54 Å². The van der Waals surface area contributed by atoms with E-state index >= 15 is 0 Å². The van der Waals surface area contributed by atoms with Gasteiger partial charge in [0.15, 0.2) is 10.8 Å². The van der Waals surface area contributed by atoms with Gasteiger partial charge in [0.25, 0.3) is 0 Å². The first kappa shape index (κ1) is 15.9. The molecule has 7 heteroatoms. The van der Waals surface area contributed by atoms with Crippen LogP contribution < -0.4 is 0 Å². The Hall–Kier alpha value is -2.28. The molecule has 1 aliphatic heterocycles. The molecule has 4 heterocycles. The molecule has 4 aromatic rings. The minimum absolute atomic E-state index is 0.724. The molecule has 0 bridgehead atoms. The molecule has 0 spiro atoms. The second-order valence-electron chi connectivity index (χ2n) is 6.46. The molecule has 26 heavy (non-hydrogen) atoms. The summed E-state index contributed by atoms with van der Waals surface area (Å²) in [5.41, 5.74) is 4.46. The maximum atomic E-state index is 5.96. The fourth-order valence-electron chi connectivity index (χ4n) is 3.33. The van der Waals surface area contributed by atoms with Gasteiger partial charge in [-0.05, 0) is 24.3 Å². The molecule has 0 fully saturated rings. The van der Waals surface area contributed by atoms with Crippen LogP contribution in [-0.4, -0.2) is 30.8 Å². The molecule has 0 unspecified atom stereocenters. The molecule has 0 aliphatic carbocycles. The van der Waals surface area contributed by atoms with E-state index < -0.39 is 0 Å². The fraction of sp³-hybridized carbons (Fsp3) is 0.211. The van der Waals surface area contributed by atoms with Crippen LogP contribution in [0.15, 0.2) is 48.2 Å². The normalized spacial score (nSPS) is 14.7. The Morgan fingerprint density at radius 1 is 1.15 bits per heavy atom. The maximum Gasteiger partial charge on any atom is 0.193 e. The van der Waals surface area contributed by atoms with E-state index in [-0.39, 0.29) is 0 Å². The van der Waals surface area contributed by atoms with Crippen LogP contribution in [0.4, 0.5) is 0 Å². The highest BCUT2D eigenvalue weighted by atomic mass is 35.5. The summed E-state index contributed by atoms with van der Waals surface area (Å²) in [4.78, 5) is 17.5. The summed E-state index contributed by atoms with van der Waals surface area (Å²) in [6.45, 7) is 2.70. The third-order valence-electron chi connectivity index (χ3n) is 4.64. The van der Waals surface area contributed by atoms with Crippen molar-refractivity contribution < 1.29 is 0 Å². The number of aromatic nitrogens is 4. The zero-order chi connectivity index (χ0) is 17.5. The smallest absolute Gasteiger partial charge is 0.193 e. The lowest BCUT2D eigenvalue weighted by Crippen LogP contribution is -2.31. The highest BCUT2D eigenvalue weighted by molar-refractivity contribution is 7.15. The van der Waals surface area contributed by atoms with Crippen LogP contribution >= 0.6 is 22.9 Å². The summed E-state index contributed by atoms with van der Waals surface area (Å²) < 4.78 is 2.08. The quantitative estimate of drug-likeness (QED) is 0.536. The number of hydrogen-bond acceptors (Lipinski definition) is 5. The molecule has 0 radical (unpaired) electrons. The van der Waals surface area contributed by atoms with E-state index in [1.165, 1.54) is 5.56 Å². The summed E-state index contributed by atoms with van der Waals surface area (Å²) in [5.74, 6) is 0.767. The van der Waals surface area contributed by atoms with E-state index in [1.54, 1.807) is 11.3 Å². The van der Waals surface area contributed by atoms with Crippen molar-refractivity contribution in [1.82, 2.24) is 24.3 Å². The summed E-state index contributed by atoms with van der Waals surface area (Å²) >= 11 is 7.63. The highest BCUT2D eigenvalue weighted by Gasteiger charge is 2.20. The number of halogens is 1. The van der Waals surface area contributed by atoms with Crippen LogP contribution in [0.2, 0.25) is 5.02 Å². The molecule has 0 saturated heterocycles. The van der Waals surface area contributed by atoms with Crippen LogP contribution in [0.1, 0.15) is 17.0 Å². The van der Waals surface area contributed by atoms with E-state index in [0.29, 0.717) is 0 Å². The Kier molecular flexibility index (Phi) is 3.96. The minimum atomic E-state index is 0.724. The van der Waals surface area contributed by atoms with Gasteiger partial charge in [-0.1, -0.05) is 11.6 Å². The molecule has 0 N–H and O–H groups in total. The van der Waals surface area contributed by atoms with Gasteiger partial charge < -0.3 is 0 Å². The van der Waals surface area contributed by atoms with Crippen molar-refractivity contribution in [3.63, 3.8) is 0 Å². The molecule has 5 rings (SSSR count). The van der Waals surface area contributed by atoms with Gasteiger partial charge in [-0.3, -0.25) is 9.30 Å². The average Bonchev–Trinajstić information content (AvgIpc) is 3.23. The zero-order valence-corrected chi connectivity index (χ0v) is 15.5. The van der Waals surface area contributed by atoms with Gasteiger partial charge in [-0.15, -0.1) is 11.3 Å². The third-order valence-corrected chi connectivity index (χ3v) is 5.67. The van der Waals surface area contributed by atoms with Gasteiger partial charge >= 0.3 is 0 Å². The SMILES string of the molecule is Clc1ccc(-c2ncc3c(n2)CCN(Cc2cn4ccsc4n2)C3)cc1. The van der Waals surface area contributed by atoms with Crippen molar-refractivity contribution in [2.24, 2.45) is 0 Å². The lowest BCUT2D eigenvalue weighted by atomic mass is 10.1. The second kappa shape index (κ2) is 6.46. The van der Waals surface area contributed by atoms with Gasteiger partial charge in [0.1, 0.15) is 0 Å². The molecule has 0 atom stereocenters. The van der Waals surface area contributed by atoms with Gasteiger partial charge in [0.2, 0.25) is 0 Å². The van der Waals surface area contributed by atoms with Crippen LogP contribution in [-0.2, 0) is 19.5 Å². The Bertz CT molecular complexity index is 1040. The molecule has 1 aliphatic rings. The van der Waals surface area contributed by atoms with Crippen LogP contribution in [0.3, 0.4) is 0 Å². The lowest BCUT2D eigenvalue weighted by Gasteiger charge is -2.27. The highest BCUT2D eigenvalue weighted by Crippen LogP contribution is 2.23. The Morgan fingerprint density at radius 3 is 2.88 bits per heavy atom. The van der Waals surface area contributed by atoms with Crippen LogP contribution in [0.25, 0.3) is 16.3 Å². The first-order valence-electron chi connectivity index (χ1n) is 8.49. The first-order chi connectivity index (χ1) is 12.7. The summed E-state index contributed by atoms with van der Waals surface area (Å²) in [6.07, 6.45) is 7.06. The summed E-state index contributed by atoms with van der Waals surface area (Å²) in [5, 5.41) is 2.78. The number of benzene rings is 1. The number of fused-ring (bicyclic) bond motifs is 2. The van der Waals surface area contributed by atoms with Crippen LogP contribution in [0.5, 0.6) is 0 Å². The summed E-state index contributed by atoms with van der Waals surface area (Å²) in [6, 6.07) is 7.67. The van der Waals surface area contributed by atoms with Crippen molar-refractivity contribution in [3.8, 4) is 11.4 Å². The number of thiazole rings is 1. The van der Waals surface area contributed by atoms with E-state index in [1.807, 2.05) is 36.7 Å². The molecule has 1 aromatic carbocycles. The number of imidazole rings is 1. The topological polar surface area (TPSA) is 46.3 Å². The maximum absolute atomic E-state index is 5.96. The lowest BCUT2D eigenvalue weighted by molar-refractivity contribution is 0.240. The van der Waals surface area contributed by atoms with Gasteiger partial charge in [0.05, 0.1) is 11.4 Å². The van der Waals surface area contributed by atoms with Crippen molar-refractivity contribution >= 4 is 27.9 Å². The van der Waals surface area contributed by atoms with Crippen molar-refractivity contribution in [1.29, 1.82) is 0 Å². The number of nitrogens with zero attached hydrogens (tertiary/aromatic N) is 5. The van der Waals surface area contributed by atoms with E-state index in [9.17, 15) is 0 Å². The zero-order valence-electron chi connectivity index (χ0n) is 14.0. The number of hydrogen-bond donors (Lipinski definition) is 0. The standard InChI is InChI=1S/C19H16ClN5S/c20-15-3-1-13(2-4-15)18-21-9-14-10-24(6-5-17(14)23-18)11-16-12-25-7-8-26-19(25)22-16/h1-4,7-9,12H,5-6,10-11H2. The fourth-order valence-corrected chi connectivity index (χ4v) is 4.17. The van der Waals surface area contributed by atoms with Crippen molar-refractivity contribution in [2.45, 2.75) is 19.5 Å². The molecule has 130 valence electrons. The van der Waals surface area contributed by atoms with E-state index in [0.717, 1.165) is 58.8 Å². The predicted molar refractivity (Wildman–Crippen MR) is 103 cm³/mol. The molecular formula is C19H16ClN5S. The van der Waals surface area contributed by atoms with E-state index in [4.69, 9.17) is 16.6 Å². The average molecular weight is 382 g/mol. The van der Waals surface area contributed by atoms with E-state index in [2.05, 4.69) is 30.8 Å². The molecule has 0 saturated carbocycles. The largest absolute Gasteiger partial charge is 0.297 e. The molecular weight excluding hydrogens is 366 g/mol. The molecule has 0 amide bonds. The van der Waals surface area contributed by atoms with Gasteiger partial charge in [-0.2, -0.15) is 0 Å². The first-order valence-corrected chi connectivity index (χ1v) is 9.74. The minimum Gasteiger partial charge on any atom is -0.297 e. The second-order valence-corrected chi connectivity index (χ2v) is 7.77. The van der Waals surface area contributed by atoms with Crippen LogP contribution in [0, 0.1) is 0 Å². The monoisotopic (exact) mass is 381 g/mol. The Labute approximate surface area is 159 Å². The van der Waals surface area contributed by atoms with Gasteiger partial charge in [0, 0.05) is 66.2 Å². The molecule has 3 aromatic heterocycles.